The molecule has 1 unspecified atom stereocenters. The monoisotopic (exact) mass is 296 g/mol. The van der Waals surface area contributed by atoms with Crippen LogP contribution in [0, 0.1) is 10.1 Å². The van der Waals surface area contributed by atoms with E-state index in [1.54, 1.807) is 18.2 Å². The van der Waals surface area contributed by atoms with Gasteiger partial charge in [-0.1, -0.05) is 6.07 Å². The summed E-state index contributed by atoms with van der Waals surface area (Å²) in [6.07, 6.45) is -0.252. The minimum Gasteiger partial charge on any atom is -0.484 e. The number of morpholine rings is 1. The van der Waals surface area contributed by atoms with Gasteiger partial charge in [0.1, 0.15) is 12.7 Å². The highest BCUT2D eigenvalue weighted by Crippen LogP contribution is 2.37. The predicted molar refractivity (Wildman–Crippen MR) is 77.0 cm³/mol. The quantitative estimate of drug-likeness (QED) is 0.636. The van der Waals surface area contributed by atoms with Crippen LogP contribution in [-0.2, 0) is 4.74 Å². The van der Waals surface area contributed by atoms with Crippen molar-refractivity contribution >= 4 is 5.69 Å². The number of nitro groups is 1. The molecule has 21 heavy (non-hydrogen) atoms. The van der Waals surface area contributed by atoms with Crippen LogP contribution in [0.5, 0.6) is 11.5 Å². The van der Waals surface area contributed by atoms with Gasteiger partial charge in [-0.3, -0.25) is 10.1 Å². The van der Waals surface area contributed by atoms with Crippen LogP contribution in [0.4, 0.5) is 5.69 Å². The highest BCUT2D eigenvalue weighted by Gasteiger charge is 2.24. The molecular formula is C14H20N2O5. The third kappa shape index (κ3) is 4.30. The highest BCUT2D eigenvalue weighted by atomic mass is 16.6. The molecule has 0 radical (unpaired) electrons. The Morgan fingerprint density at radius 3 is 2.86 bits per heavy atom. The Labute approximate surface area is 123 Å². The molecule has 0 aromatic heterocycles. The smallest absolute Gasteiger partial charge is 0.352 e. The number of nitrogens with zero attached hydrogens (tertiary/aromatic N) is 1. The Kier molecular flexibility index (Phi) is 5.35. The fraction of sp³-hybridized carbons (Fsp3) is 0.571. The molecule has 0 saturated carbocycles. The average molecular weight is 296 g/mol. The van der Waals surface area contributed by atoms with Crippen molar-refractivity contribution in [1.82, 2.24) is 5.32 Å². The molecule has 7 nitrogen and oxygen atoms in total. The first-order valence-corrected chi connectivity index (χ1v) is 6.97. The first-order valence-electron chi connectivity index (χ1n) is 6.97. The lowest BCUT2D eigenvalue weighted by Crippen LogP contribution is -2.41. The van der Waals surface area contributed by atoms with Gasteiger partial charge in [0.15, 0.2) is 0 Å². The van der Waals surface area contributed by atoms with E-state index in [0.29, 0.717) is 13.2 Å². The van der Waals surface area contributed by atoms with Gasteiger partial charge in [0.25, 0.3) is 0 Å². The summed E-state index contributed by atoms with van der Waals surface area (Å²) in [5.74, 6) is 0.419. The Balaban J connectivity index is 2.11. The second-order valence-corrected chi connectivity index (χ2v) is 5.03. The van der Waals surface area contributed by atoms with E-state index in [1.165, 1.54) is 0 Å². The molecule has 1 atom stereocenters. The molecule has 1 N–H and O–H groups in total. The summed E-state index contributed by atoms with van der Waals surface area (Å²) in [5, 5.41) is 14.5. The van der Waals surface area contributed by atoms with Gasteiger partial charge in [-0.15, -0.1) is 0 Å². The predicted octanol–water partition coefficient (Wildman–Crippen LogP) is 1.75. The van der Waals surface area contributed by atoms with Gasteiger partial charge >= 0.3 is 5.69 Å². The molecule has 7 heteroatoms. The highest BCUT2D eigenvalue weighted by molar-refractivity contribution is 5.57. The van der Waals surface area contributed by atoms with Crippen LogP contribution >= 0.6 is 0 Å². The lowest BCUT2D eigenvalue weighted by Gasteiger charge is -2.23. The van der Waals surface area contributed by atoms with Gasteiger partial charge in [0.05, 0.1) is 17.6 Å². The average Bonchev–Trinajstić information content (AvgIpc) is 2.45. The van der Waals surface area contributed by atoms with Gasteiger partial charge in [-0.2, -0.15) is 0 Å². The molecule has 2 rings (SSSR count). The minimum absolute atomic E-state index is 0.104. The molecule has 1 aromatic carbocycles. The van der Waals surface area contributed by atoms with Crippen molar-refractivity contribution in [1.29, 1.82) is 0 Å². The number of hydrogen-bond donors (Lipinski definition) is 1. The van der Waals surface area contributed by atoms with Crippen molar-refractivity contribution in [3.8, 4) is 11.5 Å². The molecule has 1 fully saturated rings. The zero-order valence-electron chi connectivity index (χ0n) is 12.2. The molecule has 0 aliphatic carbocycles. The zero-order valence-corrected chi connectivity index (χ0v) is 12.2. The van der Waals surface area contributed by atoms with Gasteiger partial charge < -0.3 is 19.5 Å². The van der Waals surface area contributed by atoms with Crippen LogP contribution < -0.4 is 14.8 Å². The Morgan fingerprint density at radius 2 is 2.24 bits per heavy atom. The number of ether oxygens (including phenoxy) is 3. The maximum atomic E-state index is 11.3. The second-order valence-electron chi connectivity index (χ2n) is 5.03. The first-order chi connectivity index (χ1) is 10.1. The van der Waals surface area contributed by atoms with E-state index < -0.39 is 4.92 Å². The molecule has 1 saturated heterocycles. The molecule has 0 bridgehead atoms. The van der Waals surface area contributed by atoms with E-state index in [1.807, 2.05) is 13.8 Å². The standard InChI is InChI=1S/C14H20N2O5/c1-10(2)21-13-5-3-4-12(14(13)16(17)18)20-9-11-8-15-6-7-19-11/h3-5,10-11,15H,6-9H2,1-2H3. The summed E-state index contributed by atoms with van der Waals surface area (Å²) in [7, 11) is 0. The summed E-state index contributed by atoms with van der Waals surface area (Å²) in [6.45, 7) is 6.01. The number of nitro benzene ring substituents is 1. The van der Waals surface area contributed by atoms with Crippen LogP contribution in [-0.4, -0.2) is 43.4 Å². The fourth-order valence-corrected chi connectivity index (χ4v) is 2.06. The van der Waals surface area contributed by atoms with Gasteiger partial charge in [0.2, 0.25) is 11.5 Å². The van der Waals surface area contributed by atoms with Gasteiger partial charge in [-0.25, -0.2) is 0 Å². The normalized spacial score (nSPS) is 18.5. The maximum Gasteiger partial charge on any atom is 0.352 e. The lowest BCUT2D eigenvalue weighted by molar-refractivity contribution is -0.387. The van der Waals surface area contributed by atoms with Crippen molar-refractivity contribution < 1.29 is 19.1 Å². The lowest BCUT2D eigenvalue weighted by atomic mass is 10.2. The SMILES string of the molecule is CC(C)Oc1cccc(OCC2CNCCO2)c1[N+](=O)[O-]. The third-order valence-electron chi connectivity index (χ3n) is 2.94. The van der Waals surface area contributed by atoms with Crippen LogP contribution in [0.3, 0.4) is 0 Å². The first kappa shape index (κ1) is 15.5. The van der Waals surface area contributed by atoms with Crippen molar-refractivity contribution in [2.24, 2.45) is 0 Å². The van der Waals surface area contributed by atoms with Gasteiger partial charge in [0, 0.05) is 13.1 Å². The van der Waals surface area contributed by atoms with Crippen molar-refractivity contribution in [2.45, 2.75) is 26.1 Å². The summed E-state index contributed by atoms with van der Waals surface area (Å²) < 4.78 is 16.6. The third-order valence-corrected chi connectivity index (χ3v) is 2.94. The van der Waals surface area contributed by atoms with Crippen LogP contribution in [0.25, 0.3) is 0 Å². The topological polar surface area (TPSA) is 82.9 Å². The van der Waals surface area contributed by atoms with Crippen molar-refractivity contribution in [3.63, 3.8) is 0 Å². The second kappa shape index (κ2) is 7.24. The molecule has 1 heterocycles. The van der Waals surface area contributed by atoms with Crippen molar-refractivity contribution in [2.75, 3.05) is 26.3 Å². The molecule has 0 amide bonds. The van der Waals surface area contributed by atoms with Crippen LogP contribution in [0.2, 0.25) is 0 Å². The Morgan fingerprint density at radius 1 is 1.48 bits per heavy atom. The van der Waals surface area contributed by atoms with Crippen LogP contribution in [0.1, 0.15) is 13.8 Å². The zero-order chi connectivity index (χ0) is 15.2. The fourth-order valence-electron chi connectivity index (χ4n) is 2.06. The summed E-state index contributed by atoms with van der Waals surface area (Å²) in [5.41, 5.74) is -0.144. The number of rotatable bonds is 6. The number of hydrogen-bond acceptors (Lipinski definition) is 6. The van der Waals surface area contributed by atoms with Crippen molar-refractivity contribution in [3.05, 3.63) is 28.3 Å². The van der Waals surface area contributed by atoms with E-state index in [-0.39, 0.29) is 36.0 Å². The Bertz CT molecular complexity index is 486. The minimum atomic E-state index is -0.479. The summed E-state index contributed by atoms with van der Waals surface area (Å²) in [6, 6.07) is 4.82. The largest absolute Gasteiger partial charge is 0.484 e. The number of para-hydroxylation sites is 1. The van der Waals surface area contributed by atoms with E-state index in [4.69, 9.17) is 14.2 Å². The van der Waals surface area contributed by atoms with Gasteiger partial charge in [-0.05, 0) is 26.0 Å². The van der Waals surface area contributed by atoms with E-state index in [9.17, 15) is 10.1 Å². The van der Waals surface area contributed by atoms with E-state index in [2.05, 4.69) is 5.32 Å². The molecule has 116 valence electrons. The molecule has 1 aromatic rings. The summed E-state index contributed by atoms with van der Waals surface area (Å²) in [4.78, 5) is 10.8. The Hall–Kier alpha value is -1.86. The maximum absolute atomic E-state index is 11.3. The molecule has 1 aliphatic heterocycles. The van der Waals surface area contributed by atoms with E-state index >= 15 is 0 Å². The number of benzene rings is 1. The van der Waals surface area contributed by atoms with Crippen LogP contribution in [0.15, 0.2) is 18.2 Å². The number of nitrogens with one attached hydrogen (secondary N) is 1. The molecule has 0 spiro atoms. The summed E-state index contributed by atoms with van der Waals surface area (Å²) >= 11 is 0. The molecule has 1 aliphatic rings. The molecular weight excluding hydrogens is 276 g/mol. The van der Waals surface area contributed by atoms with E-state index in [0.717, 1.165) is 6.54 Å².